The number of hydrogen-bond donors (Lipinski definition) is 0. The van der Waals surface area contributed by atoms with E-state index in [1.165, 1.54) is 32.8 Å². The lowest BCUT2D eigenvalue weighted by molar-refractivity contribution is -0.149. The molecule has 0 spiro atoms. The lowest BCUT2D eigenvalue weighted by Crippen LogP contribution is -2.24. The van der Waals surface area contributed by atoms with Crippen LogP contribution in [0.1, 0.15) is 38.5 Å². The van der Waals surface area contributed by atoms with Gasteiger partial charge in [-0.15, -0.1) is 0 Å². The lowest BCUT2D eigenvalue weighted by Gasteiger charge is -2.19. The van der Waals surface area contributed by atoms with Crippen LogP contribution in [0.4, 0.5) is 0 Å². The van der Waals surface area contributed by atoms with Crippen LogP contribution in [0.25, 0.3) is 0 Å². The molecular formula is C10H16O2. The summed E-state index contributed by atoms with van der Waals surface area (Å²) in [4.78, 5) is 11.5. The van der Waals surface area contributed by atoms with Crippen LogP contribution in [0.3, 0.4) is 0 Å². The molecule has 0 aromatic carbocycles. The molecule has 0 heterocycles. The molecular weight excluding hydrogens is 152 g/mol. The van der Waals surface area contributed by atoms with E-state index in [1.807, 2.05) is 0 Å². The van der Waals surface area contributed by atoms with Gasteiger partial charge >= 0.3 is 5.97 Å². The van der Waals surface area contributed by atoms with Gasteiger partial charge in [-0.3, -0.25) is 4.79 Å². The van der Waals surface area contributed by atoms with Crippen molar-refractivity contribution in [2.75, 3.05) is 7.11 Å². The summed E-state index contributed by atoms with van der Waals surface area (Å²) in [6.45, 7) is 0. The van der Waals surface area contributed by atoms with Crippen molar-refractivity contribution in [2.45, 2.75) is 38.5 Å². The van der Waals surface area contributed by atoms with Gasteiger partial charge in [0, 0.05) is 0 Å². The number of carbonyl (C=O) groups is 1. The first-order chi connectivity index (χ1) is 5.79. The Balaban J connectivity index is 2.05. The second kappa shape index (κ2) is 2.75. The molecule has 0 aliphatic heterocycles. The van der Waals surface area contributed by atoms with Crippen molar-refractivity contribution in [3.8, 4) is 0 Å². The average molecular weight is 168 g/mol. The Hall–Kier alpha value is -0.530. The minimum absolute atomic E-state index is 0.0226. The first-order valence-electron chi connectivity index (χ1n) is 4.88. The highest BCUT2D eigenvalue weighted by Gasteiger charge is 2.56. The summed E-state index contributed by atoms with van der Waals surface area (Å²) in [5, 5.41) is 0. The average Bonchev–Trinajstić information content (AvgIpc) is 2.73. The Bertz CT molecular complexity index is 188. The molecule has 0 saturated heterocycles. The summed E-state index contributed by atoms with van der Waals surface area (Å²) in [6.07, 6.45) is 7.26. The van der Waals surface area contributed by atoms with E-state index in [-0.39, 0.29) is 11.4 Å². The predicted octanol–water partition coefficient (Wildman–Crippen LogP) is 2.13. The number of carbonyl (C=O) groups excluding carboxylic acids is 1. The Morgan fingerprint density at radius 2 is 1.92 bits per heavy atom. The van der Waals surface area contributed by atoms with Gasteiger partial charge in [0.05, 0.1) is 12.5 Å². The summed E-state index contributed by atoms with van der Waals surface area (Å²) < 4.78 is 4.85. The molecule has 68 valence electrons. The van der Waals surface area contributed by atoms with E-state index in [0.29, 0.717) is 5.92 Å². The number of methoxy groups -OCH3 is 1. The maximum absolute atomic E-state index is 11.5. The number of hydrogen-bond acceptors (Lipinski definition) is 2. The Morgan fingerprint density at radius 3 is 2.33 bits per heavy atom. The van der Waals surface area contributed by atoms with Crippen molar-refractivity contribution in [1.29, 1.82) is 0 Å². The summed E-state index contributed by atoms with van der Waals surface area (Å²) in [5.41, 5.74) is -0.0226. The SMILES string of the molecule is COC(=O)C1(C2CCCC2)CC1. The number of rotatable bonds is 2. The largest absolute Gasteiger partial charge is 0.469 e. The third-order valence-electron chi connectivity index (χ3n) is 3.52. The second-order valence-electron chi connectivity index (χ2n) is 4.13. The molecule has 2 nitrogen and oxygen atoms in total. The molecule has 0 N–H and O–H groups in total. The lowest BCUT2D eigenvalue weighted by atomic mass is 9.88. The van der Waals surface area contributed by atoms with Crippen molar-refractivity contribution in [3.05, 3.63) is 0 Å². The molecule has 12 heavy (non-hydrogen) atoms. The molecule has 0 bridgehead atoms. The topological polar surface area (TPSA) is 26.3 Å². The van der Waals surface area contributed by atoms with Crippen molar-refractivity contribution in [3.63, 3.8) is 0 Å². The van der Waals surface area contributed by atoms with Gasteiger partial charge in [-0.1, -0.05) is 12.8 Å². The molecule has 0 atom stereocenters. The zero-order valence-corrected chi connectivity index (χ0v) is 7.64. The van der Waals surface area contributed by atoms with Crippen LogP contribution in [-0.2, 0) is 9.53 Å². The normalized spacial score (nSPS) is 27.1. The van der Waals surface area contributed by atoms with Gasteiger partial charge in [0.1, 0.15) is 0 Å². The fraction of sp³-hybridized carbons (Fsp3) is 0.900. The van der Waals surface area contributed by atoms with E-state index in [1.54, 1.807) is 0 Å². The zero-order valence-electron chi connectivity index (χ0n) is 7.64. The molecule has 0 amide bonds. The quantitative estimate of drug-likeness (QED) is 0.590. The van der Waals surface area contributed by atoms with Crippen LogP contribution in [0.15, 0.2) is 0 Å². The van der Waals surface area contributed by atoms with Crippen molar-refractivity contribution in [1.82, 2.24) is 0 Å². The van der Waals surface area contributed by atoms with E-state index in [2.05, 4.69) is 0 Å². The molecule has 0 aromatic heterocycles. The molecule has 2 aliphatic rings. The Labute approximate surface area is 73.3 Å². The van der Waals surface area contributed by atoms with Gasteiger partial charge in [-0.2, -0.15) is 0 Å². The van der Waals surface area contributed by atoms with Gasteiger partial charge in [0.15, 0.2) is 0 Å². The molecule has 0 aromatic rings. The molecule has 2 aliphatic carbocycles. The van der Waals surface area contributed by atoms with Crippen LogP contribution in [0.5, 0.6) is 0 Å². The first kappa shape index (κ1) is 8.09. The van der Waals surface area contributed by atoms with E-state index in [0.717, 1.165) is 12.8 Å². The van der Waals surface area contributed by atoms with E-state index in [9.17, 15) is 4.79 Å². The summed E-state index contributed by atoms with van der Waals surface area (Å²) in [6, 6.07) is 0. The standard InChI is InChI=1S/C10H16O2/c1-12-9(11)10(6-7-10)8-4-2-3-5-8/h8H,2-7H2,1H3. The van der Waals surface area contributed by atoms with Crippen LogP contribution >= 0.6 is 0 Å². The Kier molecular flexibility index (Phi) is 1.85. The summed E-state index contributed by atoms with van der Waals surface area (Å²) in [7, 11) is 1.51. The fourth-order valence-corrected chi connectivity index (χ4v) is 2.60. The van der Waals surface area contributed by atoms with Gasteiger partial charge in [-0.25, -0.2) is 0 Å². The Morgan fingerprint density at radius 1 is 1.33 bits per heavy atom. The van der Waals surface area contributed by atoms with Gasteiger partial charge in [-0.05, 0) is 31.6 Å². The van der Waals surface area contributed by atoms with Crippen LogP contribution in [-0.4, -0.2) is 13.1 Å². The number of ether oxygens (including phenoxy) is 1. The fourth-order valence-electron chi connectivity index (χ4n) is 2.60. The van der Waals surface area contributed by atoms with Gasteiger partial charge < -0.3 is 4.74 Å². The number of esters is 1. The van der Waals surface area contributed by atoms with Crippen LogP contribution in [0.2, 0.25) is 0 Å². The highest BCUT2D eigenvalue weighted by Crippen LogP contribution is 2.57. The minimum atomic E-state index is -0.0226. The third kappa shape index (κ3) is 1.05. The highest BCUT2D eigenvalue weighted by atomic mass is 16.5. The molecule has 0 unspecified atom stereocenters. The maximum atomic E-state index is 11.5. The molecule has 2 fully saturated rings. The first-order valence-corrected chi connectivity index (χ1v) is 4.88. The van der Waals surface area contributed by atoms with Crippen molar-refractivity contribution >= 4 is 5.97 Å². The van der Waals surface area contributed by atoms with E-state index < -0.39 is 0 Å². The van der Waals surface area contributed by atoms with Crippen molar-refractivity contribution < 1.29 is 9.53 Å². The smallest absolute Gasteiger partial charge is 0.312 e. The molecule has 2 rings (SSSR count). The van der Waals surface area contributed by atoms with Crippen LogP contribution in [0, 0.1) is 11.3 Å². The summed E-state index contributed by atoms with van der Waals surface area (Å²) in [5.74, 6) is 0.694. The second-order valence-corrected chi connectivity index (χ2v) is 4.13. The minimum Gasteiger partial charge on any atom is -0.469 e. The van der Waals surface area contributed by atoms with Gasteiger partial charge in [0.25, 0.3) is 0 Å². The third-order valence-corrected chi connectivity index (χ3v) is 3.52. The molecule has 2 heteroatoms. The van der Waals surface area contributed by atoms with Crippen molar-refractivity contribution in [2.24, 2.45) is 11.3 Å². The summed E-state index contributed by atoms with van der Waals surface area (Å²) >= 11 is 0. The molecule has 0 radical (unpaired) electrons. The van der Waals surface area contributed by atoms with Crippen LogP contribution < -0.4 is 0 Å². The maximum Gasteiger partial charge on any atom is 0.312 e. The molecule has 2 saturated carbocycles. The zero-order chi connectivity index (χ0) is 8.60. The van der Waals surface area contributed by atoms with E-state index in [4.69, 9.17) is 4.74 Å². The monoisotopic (exact) mass is 168 g/mol. The van der Waals surface area contributed by atoms with E-state index >= 15 is 0 Å². The predicted molar refractivity (Wildman–Crippen MR) is 45.6 cm³/mol. The highest BCUT2D eigenvalue weighted by molar-refractivity contribution is 5.80. The van der Waals surface area contributed by atoms with Gasteiger partial charge in [0.2, 0.25) is 0 Å².